The van der Waals surface area contributed by atoms with Gasteiger partial charge in [-0.2, -0.15) is 0 Å². The highest BCUT2D eigenvalue weighted by Crippen LogP contribution is 2.20. The zero-order valence-corrected chi connectivity index (χ0v) is 12.2. The standard InChI is InChI=1S/C13H12F3N3O2S/c1-17-13-19-10(5-22-13)12(21)18-9(4-20)6-2-7(14)11(16)8(15)3-6/h2-3,5,9,20H,4H2,1H3,(H,17,19)(H,18,21). The maximum absolute atomic E-state index is 13.2. The van der Waals surface area contributed by atoms with Crippen molar-refractivity contribution in [3.63, 3.8) is 0 Å². The lowest BCUT2D eigenvalue weighted by molar-refractivity contribution is 0.0911. The molecule has 0 spiro atoms. The van der Waals surface area contributed by atoms with E-state index in [-0.39, 0.29) is 11.3 Å². The molecule has 1 amide bonds. The van der Waals surface area contributed by atoms with Crippen molar-refractivity contribution in [2.45, 2.75) is 6.04 Å². The largest absolute Gasteiger partial charge is 0.394 e. The second-order valence-corrected chi connectivity index (χ2v) is 5.15. The van der Waals surface area contributed by atoms with Gasteiger partial charge in [0.05, 0.1) is 12.6 Å². The molecule has 0 aliphatic rings. The van der Waals surface area contributed by atoms with Crippen LogP contribution in [0.15, 0.2) is 17.5 Å². The second kappa shape index (κ2) is 6.75. The first-order valence-corrected chi connectivity index (χ1v) is 7.03. The van der Waals surface area contributed by atoms with Gasteiger partial charge in [0.1, 0.15) is 5.69 Å². The number of thiazole rings is 1. The number of benzene rings is 1. The van der Waals surface area contributed by atoms with Crippen LogP contribution in [-0.4, -0.2) is 29.7 Å². The normalized spacial score (nSPS) is 12.0. The van der Waals surface area contributed by atoms with Gasteiger partial charge >= 0.3 is 0 Å². The average molecular weight is 331 g/mol. The highest BCUT2D eigenvalue weighted by Gasteiger charge is 2.20. The maximum atomic E-state index is 13.2. The Labute approximate surface area is 127 Å². The topological polar surface area (TPSA) is 74.2 Å². The molecular formula is C13H12F3N3O2S. The number of anilines is 1. The summed E-state index contributed by atoms with van der Waals surface area (Å²) in [4.78, 5) is 16.0. The van der Waals surface area contributed by atoms with Crippen molar-refractivity contribution in [1.82, 2.24) is 10.3 Å². The third-order valence-electron chi connectivity index (χ3n) is 2.85. The smallest absolute Gasteiger partial charge is 0.271 e. The number of aliphatic hydroxyl groups is 1. The van der Waals surface area contributed by atoms with E-state index >= 15 is 0 Å². The first-order valence-electron chi connectivity index (χ1n) is 6.15. The summed E-state index contributed by atoms with van der Waals surface area (Å²) in [5.41, 5.74) is 0.00664. The highest BCUT2D eigenvalue weighted by molar-refractivity contribution is 7.13. The molecule has 1 aromatic heterocycles. The van der Waals surface area contributed by atoms with Gasteiger partial charge in [0.2, 0.25) is 0 Å². The molecule has 0 fully saturated rings. The Hall–Kier alpha value is -2.13. The fourth-order valence-corrected chi connectivity index (χ4v) is 2.39. The molecule has 0 radical (unpaired) electrons. The average Bonchev–Trinajstić information content (AvgIpc) is 2.98. The minimum atomic E-state index is -1.61. The minimum Gasteiger partial charge on any atom is -0.394 e. The van der Waals surface area contributed by atoms with Gasteiger partial charge in [0.25, 0.3) is 5.91 Å². The van der Waals surface area contributed by atoms with Gasteiger partial charge in [-0.25, -0.2) is 18.2 Å². The van der Waals surface area contributed by atoms with E-state index in [1.807, 2.05) is 0 Å². The van der Waals surface area contributed by atoms with Gasteiger partial charge in [-0.1, -0.05) is 0 Å². The van der Waals surface area contributed by atoms with E-state index in [0.29, 0.717) is 5.13 Å². The third kappa shape index (κ3) is 3.37. The number of aromatic nitrogens is 1. The second-order valence-electron chi connectivity index (χ2n) is 4.30. The summed E-state index contributed by atoms with van der Waals surface area (Å²) in [6.07, 6.45) is 0. The lowest BCUT2D eigenvalue weighted by Gasteiger charge is -2.16. The molecule has 2 rings (SSSR count). The van der Waals surface area contributed by atoms with E-state index in [2.05, 4.69) is 15.6 Å². The number of nitrogens with zero attached hydrogens (tertiary/aromatic N) is 1. The predicted molar refractivity (Wildman–Crippen MR) is 75.3 cm³/mol. The lowest BCUT2D eigenvalue weighted by atomic mass is 10.1. The molecule has 0 aliphatic heterocycles. The zero-order chi connectivity index (χ0) is 16.3. The Balaban J connectivity index is 2.20. The fraction of sp³-hybridized carbons (Fsp3) is 0.231. The van der Waals surface area contributed by atoms with Crippen molar-refractivity contribution in [3.8, 4) is 0 Å². The van der Waals surface area contributed by atoms with E-state index in [0.717, 1.165) is 12.1 Å². The number of carbonyl (C=O) groups excluding carboxylic acids is 1. The number of halogens is 3. The zero-order valence-electron chi connectivity index (χ0n) is 11.4. The number of amides is 1. The summed E-state index contributed by atoms with van der Waals surface area (Å²) in [6.45, 7) is -0.612. The van der Waals surface area contributed by atoms with Gasteiger partial charge in [-0.05, 0) is 17.7 Å². The maximum Gasteiger partial charge on any atom is 0.271 e. The molecule has 1 unspecified atom stereocenters. The number of rotatable bonds is 5. The van der Waals surface area contributed by atoms with Gasteiger partial charge < -0.3 is 15.7 Å². The van der Waals surface area contributed by atoms with Gasteiger partial charge in [-0.15, -0.1) is 11.3 Å². The highest BCUT2D eigenvalue weighted by atomic mass is 32.1. The minimum absolute atomic E-state index is 0.0867. The molecule has 0 saturated heterocycles. The lowest BCUT2D eigenvalue weighted by Crippen LogP contribution is -2.31. The van der Waals surface area contributed by atoms with Crippen LogP contribution in [0.4, 0.5) is 18.3 Å². The van der Waals surface area contributed by atoms with Crippen LogP contribution in [0.1, 0.15) is 22.1 Å². The predicted octanol–water partition coefficient (Wildman–Crippen LogP) is 2.07. The fourth-order valence-electron chi connectivity index (χ4n) is 1.74. The SMILES string of the molecule is CNc1nc(C(=O)NC(CO)c2cc(F)c(F)c(F)c2)cs1. The first kappa shape index (κ1) is 16.2. The van der Waals surface area contributed by atoms with Gasteiger partial charge in [0.15, 0.2) is 22.6 Å². The third-order valence-corrected chi connectivity index (χ3v) is 3.71. The van der Waals surface area contributed by atoms with Crippen LogP contribution in [0, 0.1) is 17.5 Å². The van der Waals surface area contributed by atoms with E-state index in [1.54, 1.807) is 7.05 Å². The Morgan fingerprint density at radius 2 is 2.00 bits per heavy atom. The number of aliphatic hydroxyl groups excluding tert-OH is 1. The van der Waals surface area contributed by atoms with E-state index < -0.39 is 36.0 Å². The van der Waals surface area contributed by atoms with Crippen LogP contribution >= 0.6 is 11.3 Å². The molecule has 9 heteroatoms. The Kier molecular flexibility index (Phi) is 4.99. The molecule has 22 heavy (non-hydrogen) atoms. The molecule has 5 nitrogen and oxygen atoms in total. The van der Waals surface area contributed by atoms with Crippen molar-refractivity contribution in [2.24, 2.45) is 0 Å². The summed E-state index contributed by atoms with van der Waals surface area (Å²) in [5, 5.41) is 16.4. The molecule has 2 aromatic rings. The van der Waals surface area contributed by atoms with Crippen LogP contribution < -0.4 is 10.6 Å². The van der Waals surface area contributed by atoms with Gasteiger partial charge in [0, 0.05) is 12.4 Å². The van der Waals surface area contributed by atoms with E-state index in [1.165, 1.54) is 16.7 Å². The summed E-state index contributed by atoms with van der Waals surface area (Å²) >= 11 is 1.20. The summed E-state index contributed by atoms with van der Waals surface area (Å²) in [6, 6.07) is 0.357. The van der Waals surface area contributed by atoms with Crippen molar-refractivity contribution >= 4 is 22.4 Å². The van der Waals surface area contributed by atoms with Crippen molar-refractivity contribution < 1.29 is 23.1 Å². The van der Waals surface area contributed by atoms with Gasteiger partial charge in [-0.3, -0.25) is 4.79 Å². The molecular weight excluding hydrogens is 319 g/mol. The van der Waals surface area contributed by atoms with Crippen molar-refractivity contribution in [3.05, 3.63) is 46.2 Å². The quantitative estimate of drug-likeness (QED) is 0.733. The van der Waals surface area contributed by atoms with Crippen molar-refractivity contribution in [2.75, 3.05) is 19.0 Å². The molecule has 1 heterocycles. The van der Waals surface area contributed by atoms with Crippen LogP contribution in [0.2, 0.25) is 0 Å². The first-order chi connectivity index (χ1) is 10.5. The molecule has 1 aromatic carbocycles. The molecule has 3 N–H and O–H groups in total. The molecule has 0 aliphatic carbocycles. The Bertz CT molecular complexity index is 670. The molecule has 118 valence electrons. The Morgan fingerprint density at radius 3 is 2.50 bits per heavy atom. The van der Waals surface area contributed by atoms with Crippen molar-refractivity contribution in [1.29, 1.82) is 0 Å². The van der Waals surface area contributed by atoms with Crippen LogP contribution in [0.3, 0.4) is 0 Å². The number of nitrogens with one attached hydrogen (secondary N) is 2. The number of hydrogen-bond acceptors (Lipinski definition) is 5. The summed E-state index contributed by atoms with van der Waals surface area (Å²) in [7, 11) is 1.64. The van der Waals surface area contributed by atoms with Crippen LogP contribution in [0.25, 0.3) is 0 Å². The summed E-state index contributed by atoms with van der Waals surface area (Å²) in [5.74, 6) is -5.02. The Morgan fingerprint density at radius 1 is 1.36 bits per heavy atom. The van der Waals surface area contributed by atoms with Crippen LogP contribution in [0.5, 0.6) is 0 Å². The van der Waals surface area contributed by atoms with Crippen LogP contribution in [-0.2, 0) is 0 Å². The monoisotopic (exact) mass is 331 g/mol. The van der Waals surface area contributed by atoms with E-state index in [9.17, 15) is 23.1 Å². The summed E-state index contributed by atoms with van der Waals surface area (Å²) < 4.78 is 39.4. The molecule has 0 bridgehead atoms. The number of carbonyl (C=O) groups is 1. The molecule has 0 saturated carbocycles. The van der Waals surface area contributed by atoms with E-state index in [4.69, 9.17) is 0 Å². The number of hydrogen-bond donors (Lipinski definition) is 3. The molecule has 1 atom stereocenters.